The highest BCUT2D eigenvalue weighted by Gasteiger charge is 2.14. The second kappa shape index (κ2) is 7.43. The Morgan fingerprint density at radius 3 is 2.84 bits per heavy atom. The molecule has 2 heterocycles. The number of hydrogen-bond acceptors (Lipinski definition) is 5. The van der Waals surface area contributed by atoms with E-state index in [2.05, 4.69) is 24.8 Å². The normalized spacial score (nSPS) is 17.0. The van der Waals surface area contributed by atoms with Gasteiger partial charge in [-0.1, -0.05) is 13.8 Å². The van der Waals surface area contributed by atoms with E-state index < -0.39 is 0 Å². The molecule has 5 heteroatoms. The summed E-state index contributed by atoms with van der Waals surface area (Å²) in [5.41, 5.74) is 0. The molecule has 1 aromatic rings. The molecule has 1 aliphatic heterocycles. The molecule has 0 atom stereocenters. The van der Waals surface area contributed by atoms with Crippen molar-refractivity contribution in [2.45, 2.75) is 29.7 Å². The zero-order valence-electron chi connectivity index (χ0n) is 11.6. The lowest BCUT2D eigenvalue weighted by molar-refractivity contribution is 0.0370. The predicted molar refractivity (Wildman–Crippen MR) is 81.5 cm³/mol. The van der Waals surface area contributed by atoms with Gasteiger partial charge < -0.3 is 4.74 Å². The maximum atomic E-state index is 12.1. The first-order valence-corrected chi connectivity index (χ1v) is 8.44. The summed E-state index contributed by atoms with van der Waals surface area (Å²) in [4.78, 5) is 15.3. The van der Waals surface area contributed by atoms with Crippen molar-refractivity contribution in [2.24, 2.45) is 0 Å². The number of morpholine rings is 1. The Kier molecular flexibility index (Phi) is 5.88. The molecule has 2 rings (SSSR count). The summed E-state index contributed by atoms with van der Waals surface area (Å²) in [6, 6.07) is 4.04. The van der Waals surface area contributed by atoms with Crippen LogP contribution in [0.5, 0.6) is 0 Å². The van der Waals surface area contributed by atoms with Crippen LogP contribution in [-0.2, 0) is 4.74 Å². The highest BCUT2D eigenvalue weighted by Crippen LogP contribution is 2.30. The van der Waals surface area contributed by atoms with E-state index in [9.17, 15) is 4.79 Å². The SMILES string of the molecule is CC(C)Sc1ccc(C(=O)CCN2CCOCC2)s1. The van der Waals surface area contributed by atoms with Gasteiger partial charge in [0.05, 0.1) is 22.3 Å². The molecular formula is C14H21NO2S2. The van der Waals surface area contributed by atoms with Gasteiger partial charge in [-0.3, -0.25) is 9.69 Å². The van der Waals surface area contributed by atoms with Crippen molar-refractivity contribution in [3.63, 3.8) is 0 Å². The lowest BCUT2D eigenvalue weighted by atomic mass is 10.2. The molecule has 1 saturated heterocycles. The molecule has 0 spiro atoms. The maximum Gasteiger partial charge on any atom is 0.174 e. The van der Waals surface area contributed by atoms with Crippen LogP contribution in [0.2, 0.25) is 0 Å². The molecule has 1 fully saturated rings. The van der Waals surface area contributed by atoms with Crippen LogP contribution in [0, 0.1) is 0 Å². The number of hydrogen-bond donors (Lipinski definition) is 0. The summed E-state index contributed by atoms with van der Waals surface area (Å²) in [5, 5.41) is 0.565. The van der Waals surface area contributed by atoms with E-state index in [4.69, 9.17) is 4.74 Å². The zero-order valence-corrected chi connectivity index (χ0v) is 13.2. The Balaban J connectivity index is 1.80. The Morgan fingerprint density at radius 2 is 2.16 bits per heavy atom. The topological polar surface area (TPSA) is 29.5 Å². The van der Waals surface area contributed by atoms with Gasteiger partial charge in [-0.05, 0) is 12.1 Å². The van der Waals surface area contributed by atoms with E-state index in [0.717, 1.165) is 37.7 Å². The van der Waals surface area contributed by atoms with Crippen LogP contribution in [0.25, 0.3) is 0 Å². The molecule has 0 radical (unpaired) electrons. The van der Waals surface area contributed by atoms with E-state index in [0.29, 0.717) is 11.7 Å². The number of Topliss-reactive ketones (excluding diaryl/α,β-unsaturated/α-hetero) is 1. The molecule has 1 aliphatic rings. The number of nitrogens with zero attached hydrogens (tertiary/aromatic N) is 1. The molecule has 0 saturated carbocycles. The van der Waals surface area contributed by atoms with Gasteiger partial charge in [0.15, 0.2) is 5.78 Å². The quantitative estimate of drug-likeness (QED) is 0.596. The summed E-state index contributed by atoms with van der Waals surface area (Å²) in [6.07, 6.45) is 0.617. The van der Waals surface area contributed by atoms with Crippen LogP contribution in [0.3, 0.4) is 0 Å². The van der Waals surface area contributed by atoms with Gasteiger partial charge in [-0.25, -0.2) is 0 Å². The van der Waals surface area contributed by atoms with Crippen LogP contribution < -0.4 is 0 Å². The molecule has 19 heavy (non-hydrogen) atoms. The number of rotatable bonds is 6. The van der Waals surface area contributed by atoms with Crippen LogP contribution >= 0.6 is 23.1 Å². The fourth-order valence-electron chi connectivity index (χ4n) is 1.97. The summed E-state index contributed by atoms with van der Waals surface area (Å²) < 4.78 is 6.54. The summed E-state index contributed by atoms with van der Waals surface area (Å²) in [6.45, 7) is 8.68. The number of thiophene rings is 1. The average Bonchev–Trinajstić information content (AvgIpc) is 2.85. The molecule has 0 unspecified atom stereocenters. The van der Waals surface area contributed by atoms with Gasteiger partial charge in [-0.2, -0.15) is 0 Å². The van der Waals surface area contributed by atoms with E-state index >= 15 is 0 Å². The second-order valence-electron chi connectivity index (χ2n) is 4.91. The average molecular weight is 299 g/mol. The fourth-order valence-corrected chi connectivity index (χ4v) is 4.33. The van der Waals surface area contributed by atoms with E-state index in [1.54, 1.807) is 11.3 Å². The first-order chi connectivity index (χ1) is 9.15. The van der Waals surface area contributed by atoms with Crippen molar-refractivity contribution in [2.75, 3.05) is 32.8 Å². The standard InChI is InChI=1S/C14H21NO2S2/c1-11(2)18-14-4-3-13(19-14)12(16)5-6-15-7-9-17-10-8-15/h3-4,11H,5-10H2,1-2H3. The molecule has 106 valence electrons. The molecule has 0 aromatic carbocycles. The smallest absolute Gasteiger partial charge is 0.174 e. The summed E-state index contributed by atoms with van der Waals surface area (Å²) in [7, 11) is 0. The minimum atomic E-state index is 0.270. The third-order valence-corrected chi connectivity index (χ3v) is 5.27. The van der Waals surface area contributed by atoms with Crippen LogP contribution in [0.4, 0.5) is 0 Å². The third kappa shape index (κ3) is 4.91. The molecule has 0 aliphatic carbocycles. The number of carbonyl (C=O) groups is 1. The second-order valence-corrected chi connectivity index (χ2v) is 7.87. The first kappa shape index (κ1) is 15.0. The van der Waals surface area contributed by atoms with Crippen molar-refractivity contribution >= 4 is 28.9 Å². The number of ketones is 1. The Labute approximate surface area is 123 Å². The van der Waals surface area contributed by atoms with Gasteiger partial charge in [-0.15, -0.1) is 23.1 Å². The summed E-state index contributed by atoms with van der Waals surface area (Å²) >= 11 is 3.45. The van der Waals surface area contributed by atoms with Crippen molar-refractivity contribution in [3.8, 4) is 0 Å². The lowest BCUT2D eigenvalue weighted by Crippen LogP contribution is -2.37. The maximum absolute atomic E-state index is 12.1. The molecule has 0 N–H and O–H groups in total. The van der Waals surface area contributed by atoms with Crippen molar-refractivity contribution in [1.29, 1.82) is 0 Å². The number of carbonyl (C=O) groups excluding carboxylic acids is 1. The van der Waals surface area contributed by atoms with Gasteiger partial charge in [0, 0.05) is 31.3 Å². The fraction of sp³-hybridized carbons (Fsp3) is 0.643. The highest BCUT2D eigenvalue weighted by molar-refractivity contribution is 8.01. The minimum absolute atomic E-state index is 0.270. The van der Waals surface area contributed by atoms with Gasteiger partial charge in [0.2, 0.25) is 0 Å². The minimum Gasteiger partial charge on any atom is -0.379 e. The van der Waals surface area contributed by atoms with E-state index in [1.807, 2.05) is 17.8 Å². The first-order valence-electron chi connectivity index (χ1n) is 6.75. The van der Waals surface area contributed by atoms with Gasteiger partial charge >= 0.3 is 0 Å². The van der Waals surface area contributed by atoms with Crippen molar-refractivity contribution < 1.29 is 9.53 Å². The zero-order chi connectivity index (χ0) is 13.7. The molecule has 1 aromatic heterocycles. The largest absolute Gasteiger partial charge is 0.379 e. The Hall–Kier alpha value is -0.360. The third-order valence-electron chi connectivity index (χ3n) is 2.97. The molecular weight excluding hydrogens is 278 g/mol. The Bertz CT molecular complexity index is 411. The van der Waals surface area contributed by atoms with Crippen LogP contribution in [-0.4, -0.2) is 48.8 Å². The van der Waals surface area contributed by atoms with Crippen molar-refractivity contribution in [1.82, 2.24) is 4.90 Å². The predicted octanol–water partition coefficient (Wildman–Crippen LogP) is 3.15. The van der Waals surface area contributed by atoms with Crippen LogP contribution in [0.15, 0.2) is 16.3 Å². The van der Waals surface area contributed by atoms with E-state index in [-0.39, 0.29) is 5.78 Å². The van der Waals surface area contributed by atoms with Crippen LogP contribution in [0.1, 0.15) is 29.9 Å². The number of thioether (sulfide) groups is 1. The Morgan fingerprint density at radius 1 is 1.42 bits per heavy atom. The monoisotopic (exact) mass is 299 g/mol. The molecule has 3 nitrogen and oxygen atoms in total. The molecule has 0 amide bonds. The summed E-state index contributed by atoms with van der Waals surface area (Å²) in [5.74, 6) is 0.270. The molecule has 0 bridgehead atoms. The highest BCUT2D eigenvalue weighted by atomic mass is 32.2. The van der Waals surface area contributed by atoms with Gasteiger partial charge in [0.1, 0.15) is 0 Å². The lowest BCUT2D eigenvalue weighted by Gasteiger charge is -2.26. The van der Waals surface area contributed by atoms with Crippen molar-refractivity contribution in [3.05, 3.63) is 17.0 Å². The number of ether oxygens (including phenoxy) is 1. The van der Waals surface area contributed by atoms with E-state index in [1.165, 1.54) is 4.21 Å². The van der Waals surface area contributed by atoms with Gasteiger partial charge in [0.25, 0.3) is 0 Å².